The van der Waals surface area contributed by atoms with E-state index in [9.17, 15) is 19.7 Å². The van der Waals surface area contributed by atoms with Crippen molar-refractivity contribution in [3.8, 4) is 0 Å². The Morgan fingerprint density at radius 1 is 1.16 bits per heavy atom. The van der Waals surface area contributed by atoms with Crippen LogP contribution in [0.5, 0.6) is 0 Å². The molecular formula is C23H27N3O5. The van der Waals surface area contributed by atoms with Crippen molar-refractivity contribution in [1.82, 2.24) is 9.88 Å². The van der Waals surface area contributed by atoms with Gasteiger partial charge in [-0.15, -0.1) is 0 Å². The van der Waals surface area contributed by atoms with E-state index in [-0.39, 0.29) is 36.2 Å². The summed E-state index contributed by atoms with van der Waals surface area (Å²) in [6.07, 6.45) is 1.72. The second kappa shape index (κ2) is 9.59. The van der Waals surface area contributed by atoms with Crippen LogP contribution in [0, 0.1) is 16.0 Å². The second-order valence-corrected chi connectivity index (χ2v) is 8.16. The summed E-state index contributed by atoms with van der Waals surface area (Å²) in [5, 5.41) is 13.9. The summed E-state index contributed by atoms with van der Waals surface area (Å²) in [4.78, 5) is 34.7. The molecule has 1 N–H and O–H groups in total. The monoisotopic (exact) mass is 425 g/mol. The molecule has 0 fully saturated rings. The fraction of sp³-hybridized carbons (Fsp3) is 0.391. The number of hydrogen-bond donors (Lipinski definition) is 1. The lowest BCUT2D eigenvalue weighted by Crippen LogP contribution is -2.27. The van der Waals surface area contributed by atoms with Gasteiger partial charge in [0, 0.05) is 19.0 Å². The normalized spacial score (nSPS) is 12.3. The summed E-state index contributed by atoms with van der Waals surface area (Å²) in [5.74, 6) is -0.0982. The van der Waals surface area contributed by atoms with E-state index in [1.54, 1.807) is 0 Å². The topological polar surface area (TPSA) is 107 Å². The van der Waals surface area contributed by atoms with Crippen LogP contribution in [0.2, 0.25) is 0 Å². The first-order valence-electron chi connectivity index (χ1n) is 10.4. The van der Waals surface area contributed by atoms with E-state index in [1.165, 1.54) is 28.3 Å². The average Bonchev–Trinajstić information content (AvgIpc) is 3.02. The van der Waals surface area contributed by atoms with Gasteiger partial charge in [0.05, 0.1) is 22.5 Å². The highest BCUT2D eigenvalue weighted by molar-refractivity contribution is 5.77. The van der Waals surface area contributed by atoms with Gasteiger partial charge in [0.25, 0.3) is 5.69 Å². The predicted octanol–water partition coefficient (Wildman–Crippen LogP) is 4.36. The zero-order chi connectivity index (χ0) is 22.5. The molecule has 164 valence electrons. The van der Waals surface area contributed by atoms with Crippen molar-refractivity contribution in [2.45, 2.75) is 52.6 Å². The Balaban J connectivity index is 1.55. The molecular weight excluding hydrogens is 398 g/mol. The van der Waals surface area contributed by atoms with Crippen molar-refractivity contribution in [2.75, 3.05) is 0 Å². The van der Waals surface area contributed by atoms with E-state index in [1.807, 2.05) is 19.1 Å². The van der Waals surface area contributed by atoms with E-state index in [4.69, 9.17) is 4.42 Å². The summed E-state index contributed by atoms with van der Waals surface area (Å²) < 4.78 is 6.50. The zero-order valence-corrected chi connectivity index (χ0v) is 18.0. The Labute approximate surface area is 180 Å². The number of oxazole rings is 1. The predicted molar refractivity (Wildman–Crippen MR) is 118 cm³/mol. The molecule has 8 heteroatoms. The van der Waals surface area contributed by atoms with Crippen LogP contribution in [0.3, 0.4) is 0 Å². The van der Waals surface area contributed by atoms with E-state index >= 15 is 0 Å². The molecule has 0 aliphatic carbocycles. The van der Waals surface area contributed by atoms with Gasteiger partial charge in [-0.2, -0.15) is 0 Å². The van der Waals surface area contributed by atoms with Crippen LogP contribution in [0.4, 0.5) is 5.69 Å². The van der Waals surface area contributed by atoms with Gasteiger partial charge in [-0.1, -0.05) is 38.1 Å². The minimum Gasteiger partial charge on any atom is -0.407 e. The standard InChI is InChI=1S/C23H27N3O5/c1-15(2)13-17-6-8-18(9-7-17)16(3)24-22(27)5-4-12-25-20-11-10-19(26(29)30)14-21(20)31-23(25)28/h6-11,14-16H,4-5,12-13H2,1-3H3,(H,24,27)/t16-/m0/s1. The van der Waals surface area contributed by atoms with Crippen LogP contribution in [-0.2, 0) is 17.8 Å². The Kier molecular flexibility index (Phi) is 6.89. The number of benzene rings is 2. The first kappa shape index (κ1) is 22.3. The molecule has 0 saturated carbocycles. The SMILES string of the molecule is CC(C)Cc1ccc([C@H](C)NC(=O)CCCn2c(=O)oc3cc([N+](=O)[O-])ccc32)cc1. The molecule has 0 aliphatic rings. The second-order valence-electron chi connectivity index (χ2n) is 8.16. The summed E-state index contributed by atoms with van der Waals surface area (Å²) in [7, 11) is 0. The third kappa shape index (κ3) is 5.59. The number of hydrogen-bond acceptors (Lipinski definition) is 5. The van der Waals surface area contributed by atoms with Crippen LogP contribution in [-0.4, -0.2) is 15.4 Å². The van der Waals surface area contributed by atoms with Crippen molar-refractivity contribution >= 4 is 22.7 Å². The molecule has 0 radical (unpaired) electrons. The van der Waals surface area contributed by atoms with Crippen molar-refractivity contribution in [2.24, 2.45) is 5.92 Å². The molecule has 0 unspecified atom stereocenters. The van der Waals surface area contributed by atoms with E-state index in [0.29, 0.717) is 17.9 Å². The Morgan fingerprint density at radius 2 is 1.87 bits per heavy atom. The average molecular weight is 425 g/mol. The molecule has 3 aromatic rings. The first-order chi connectivity index (χ1) is 14.7. The number of carbonyl (C=O) groups excluding carboxylic acids is 1. The molecule has 0 aliphatic heterocycles. The minimum absolute atomic E-state index is 0.102. The molecule has 0 bridgehead atoms. The van der Waals surface area contributed by atoms with Crippen molar-refractivity contribution in [1.29, 1.82) is 0 Å². The van der Waals surface area contributed by atoms with E-state index < -0.39 is 10.7 Å². The minimum atomic E-state index is -0.592. The fourth-order valence-electron chi connectivity index (χ4n) is 3.59. The molecule has 8 nitrogen and oxygen atoms in total. The summed E-state index contributed by atoms with van der Waals surface area (Å²) in [6, 6.07) is 12.2. The van der Waals surface area contributed by atoms with Crippen LogP contribution >= 0.6 is 0 Å². The number of aryl methyl sites for hydroxylation is 1. The third-order valence-electron chi connectivity index (χ3n) is 5.15. The summed E-state index contributed by atoms with van der Waals surface area (Å²) in [5.41, 5.74) is 2.82. The van der Waals surface area contributed by atoms with Crippen molar-refractivity contribution in [3.05, 3.63) is 74.3 Å². The number of non-ortho nitro benzene ring substituents is 1. The maximum absolute atomic E-state index is 12.3. The van der Waals surface area contributed by atoms with Crippen LogP contribution < -0.4 is 11.1 Å². The molecule has 1 aromatic heterocycles. The Morgan fingerprint density at radius 3 is 2.52 bits per heavy atom. The molecule has 0 saturated heterocycles. The molecule has 3 rings (SSSR count). The number of carbonyl (C=O) groups is 1. The van der Waals surface area contributed by atoms with Gasteiger partial charge in [0.2, 0.25) is 5.91 Å². The Hall–Kier alpha value is -3.42. The fourth-order valence-corrected chi connectivity index (χ4v) is 3.59. The zero-order valence-electron chi connectivity index (χ0n) is 18.0. The molecule has 1 heterocycles. The van der Waals surface area contributed by atoms with Crippen LogP contribution in [0.25, 0.3) is 11.1 Å². The van der Waals surface area contributed by atoms with E-state index in [2.05, 4.69) is 31.3 Å². The van der Waals surface area contributed by atoms with E-state index in [0.717, 1.165) is 12.0 Å². The highest BCUT2D eigenvalue weighted by atomic mass is 16.6. The third-order valence-corrected chi connectivity index (χ3v) is 5.15. The number of nitro benzene ring substituents is 1. The molecule has 1 atom stereocenters. The lowest BCUT2D eigenvalue weighted by atomic mass is 10.00. The largest absolute Gasteiger partial charge is 0.419 e. The van der Waals surface area contributed by atoms with Crippen LogP contribution in [0.1, 0.15) is 50.8 Å². The van der Waals surface area contributed by atoms with Gasteiger partial charge in [-0.25, -0.2) is 4.79 Å². The van der Waals surface area contributed by atoms with Gasteiger partial charge in [-0.05, 0) is 42.9 Å². The number of nitrogens with one attached hydrogen (secondary N) is 1. The molecule has 31 heavy (non-hydrogen) atoms. The van der Waals surface area contributed by atoms with Gasteiger partial charge in [0.15, 0.2) is 5.58 Å². The quantitative estimate of drug-likeness (QED) is 0.405. The summed E-state index contributed by atoms with van der Waals surface area (Å²) in [6.45, 7) is 6.59. The number of nitrogens with zero attached hydrogens (tertiary/aromatic N) is 2. The van der Waals surface area contributed by atoms with Gasteiger partial charge < -0.3 is 9.73 Å². The van der Waals surface area contributed by atoms with Crippen molar-refractivity contribution < 1.29 is 14.1 Å². The number of fused-ring (bicyclic) bond motifs is 1. The van der Waals surface area contributed by atoms with Gasteiger partial charge >= 0.3 is 5.76 Å². The molecule has 0 spiro atoms. The number of rotatable bonds is 9. The lowest BCUT2D eigenvalue weighted by Gasteiger charge is -2.15. The number of nitro groups is 1. The van der Waals surface area contributed by atoms with Crippen molar-refractivity contribution in [3.63, 3.8) is 0 Å². The number of amides is 1. The highest BCUT2D eigenvalue weighted by Gasteiger charge is 2.15. The highest BCUT2D eigenvalue weighted by Crippen LogP contribution is 2.20. The molecule has 2 aromatic carbocycles. The lowest BCUT2D eigenvalue weighted by molar-refractivity contribution is -0.384. The maximum Gasteiger partial charge on any atom is 0.419 e. The van der Waals surface area contributed by atoms with Gasteiger partial charge in [-0.3, -0.25) is 19.5 Å². The van der Waals surface area contributed by atoms with Gasteiger partial charge in [0.1, 0.15) is 0 Å². The summed E-state index contributed by atoms with van der Waals surface area (Å²) >= 11 is 0. The van der Waals surface area contributed by atoms with Crippen LogP contribution in [0.15, 0.2) is 51.7 Å². The smallest absolute Gasteiger partial charge is 0.407 e. The number of aromatic nitrogens is 1. The Bertz CT molecular complexity index is 1130. The first-order valence-corrected chi connectivity index (χ1v) is 10.4. The molecule has 1 amide bonds. The maximum atomic E-state index is 12.3.